The molecule has 0 fully saturated rings. The van der Waals surface area contributed by atoms with Crippen molar-refractivity contribution in [3.8, 4) is 0 Å². The zero-order valence-corrected chi connectivity index (χ0v) is 53.2. The number of unbranched alkanes of at least 4 members (excludes halogenated alkanes) is 1. The highest BCUT2D eigenvalue weighted by Gasteiger charge is 2.38. The van der Waals surface area contributed by atoms with Crippen molar-refractivity contribution in [1.29, 1.82) is 0 Å². The van der Waals surface area contributed by atoms with E-state index in [1.165, 1.54) is 0 Å². The van der Waals surface area contributed by atoms with Crippen molar-refractivity contribution in [3.05, 3.63) is 114 Å². The summed E-state index contributed by atoms with van der Waals surface area (Å²) in [5, 5.41) is 0. The molecule has 0 aliphatic rings. The minimum Gasteiger partial charge on any atom is -0.464 e. The van der Waals surface area contributed by atoms with Crippen molar-refractivity contribution >= 4 is 53.4 Å². The van der Waals surface area contributed by atoms with Crippen LogP contribution in [0.25, 0.3) is 0 Å². The zero-order valence-electron chi connectivity index (χ0n) is 51.2. The van der Waals surface area contributed by atoms with Gasteiger partial charge in [0.25, 0.3) is 0 Å². The number of nitrogens with zero attached hydrogens (tertiary/aromatic N) is 8. The number of aromatic nitrogens is 6. The lowest BCUT2D eigenvalue weighted by atomic mass is 10.2. The van der Waals surface area contributed by atoms with Crippen LogP contribution in [0.5, 0.6) is 0 Å². The molecule has 32 nitrogen and oxygen atoms in total. The first-order valence-electron chi connectivity index (χ1n) is 27.6. The van der Waals surface area contributed by atoms with Gasteiger partial charge < -0.3 is 64.8 Å². The van der Waals surface area contributed by atoms with Gasteiger partial charge in [0.05, 0.1) is 52.1 Å². The Balaban J connectivity index is 0.000000872. The number of carbonyl (C=O) groups excluding carboxylic acids is 6. The number of hydrogen-bond acceptors (Lipinski definition) is 26. The van der Waals surface area contributed by atoms with Gasteiger partial charge in [-0.25, -0.2) is 75.3 Å². The third kappa shape index (κ3) is 27.1. The van der Waals surface area contributed by atoms with Gasteiger partial charge in [0.1, 0.15) is 39.6 Å². The van der Waals surface area contributed by atoms with Crippen LogP contribution < -0.4 is 34.1 Å². The van der Waals surface area contributed by atoms with E-state index in [2.05, 4.69) is 38.1 Å². The van der Waals surface area contributed by atoms with Crippen LogP contribution in [0.3, 0.4) is 0 Å². The van der Waals surface area contributed by atoms with Crippen molar-refractivity contribution in [2.45, 2.75) is 96.8 Å². The Kier molecular flexibility index (Phi) is 38.0. The van der Waals surface area contributed by atoms with E-state index in [0.717, 1.165) is 61.1 Å². The smallest absolute Gasteiger partial charge is 0.464 e. The van der Waals surface area contributed by atoms with Crippen LogP contribution >= 0.6 is 0 Å². The summed E-state index contributed by atoms with van der Waals surface area (Å²) in [7, 11) is 5.76. The van der Waals surface area contributed by atoms with Crippen molar-refractivity contribution in [1.82, 2.24) is 37.2 Å². The first-order chi connectivity index (χ1) is 41.5. The average Bonchev–Trinajstić information content (AvgIpc) is 3.44. The fourth-order valence-electron chi connectivity index (χ4n) is 7.90. The van der Waals surface area contributed by atoms with Gasteiger partial charge in [-0.3, -0.25) is 9.59 Å². The number of esters is 6. The van der Waals surface area contributed by atoms with Gasteiger partial charge in [-0.15, -0.1) is 0 Å². The Hall–Kier alpha value is -7.29. The molecule has 0 aliphatic carbocycles. The molecule has 0 amide bonds. The van der Waals surface area contributed by atoms with E-state index in [1.807, 2.05) is 11.9 Å². The summed E-state index contributed by atoms with van der Waals surface area (Å²) in [6.45, 7) is 13.9. The van der Waals surface area contributed by atoms with Crippen molar-refractivity contribution in [2.75, 3.05) is 122 Å². The minimum absolute atomic E-state index is 0.0554. The Morgan fingerprint density at radius 1 is 0.391 bits per heavy atom. The molecule has 0 aliphatic heterocycles. The number of hydrogen-bond donors (Lipinski definition) is 0. The quantitative estimate of drug-likeness (QED) is 0.0322. The first kappa shape index (κ1) is 77.7. The highest BCUT2D eigenvalue weighted by atomic mass is 28.4. The van der Waals surface area contributed by atoms with E-state index in [1.54, 1.807) is 42.7 Å². The summed E-state index contributed by atoms with van der Waals surface area (Å²) >= 11 is 0. The minimum atomic E-state index is -2.71. The summed E-state index contributed by atoms with van der Waals surface area (Å²) in [6.07, 6.45) is 7.19. The summed E-state index contributed by atoms with van der Waals surface area (Å²) in [5.74, 6) is -4.13. The van der Waals surface area contributed by atoms with E-state index < -0.39 is 87.6 Å². The predicted octanol–water partition coefficient (Wildman–Crippen LogP) is -1.30. The van der Waals surface area contributed by atoms with Crippen molar-refractivity contribution in [3.63, 3.8) is 0 Å². The van der Waals surface area contributed by atoms with Gasteiger partial charge in [0.2, 0.25) is 0 Å². The Labute approximate surface area is 505 Å². The lowest BCUT2D eigenvalue weighted by Gasteiger charge is -2.26. The molecule has 0 spiro atoms. The van der Waals surface area contributed by atoms with Crippen LogP contribution in [0.15, 0.2) is 79.4 Å². The van der Waals surface area contributed by atoms with E-state index in [-0.39, 0.29) is 91.8 Å². The monoisotopic (exact) mass is 1270 g/mol. The molecule has 2 heterocycles. The molecule has 0 radical (unpaired) electrons. The molecule has 2 rings (SSSR count). The largest absolute Gasteiger partial charge is 0.500 e. The maximum absolute atomic E-state index is 13.0. The molecule has 0 atom stereocenters. The lowest BCUT2D eigenvalue weighted by Crippen LogP contribution is -2.55. The molecule has 0 N–H and O–H groups in total. The molecule has 2 aromatic heterocycles. The van der Waals surface area contributed by atoms with Crippen LogP contribution in [0, 0.1) is 0 Å². The Morgan fingerprint density at radius 3 is 0.908 bits per heavy atom. The highest BCUT2D eigenvalue weighted by Crippen LogP contribution is 2.17. The van der Waals surface area contributed by atoms with Crippen molar-refractivity contribution in [2.24, 2.45) is 0 Å². The Bertz CT molecular complexity index is 2800. The first-order valence-corrected chi connectivity index (χ1v) is 31.5. The maximum atomic E-state index is 13.0. The normalized spacial score (nSPS) is 11.3. The van der Waals surface area contributed by atoms with Gasteiger partial charge in [-0.05, 0) is 45.9 Å². The zero-order chi connectivity index (χ0) is 65.5. The molecule has 0 saturated carbocycles. The lowest BCUT2D eigenvalue weighted by molar-refractivity contribution is -0.145. The number of carbonyl (C=O) groups is 6. The van der Waals surface area contributed by atoms with Gasteiger partial charge in [-0.1, -0.05) is 39.7 Å². The topological polar surface area (TPSA) is 352 Å². The summed E-state index contributed by atoms with van der Waals surface area (Å²) < 4.78 is 66.7. The molecule has 0 aromatic carbocycles. The second-order valence-corrected chi connectivity index (χ2v) is 24.5. The van der Waals surface area contributed by atoms with E-state index in [0.29, 0.717) is 61.1 Å². The van der Waals surface area contributed by atoms with Gasteiger partial charge >= 0.3 is 87.6 Å². The maximum Gasteiger partial charge on any atom is 0.500 e. The van der Waals surface area contributed by atoms with Gasteiger partial charge in [-0.2, -0.15) is 0 Å². The Morgan fingerprint density at radius 2 is 0.644 bits per heavy atom. The van der Waals surface area contributed by atoms with E-state index >= 15 is 0 Å². The molecular weight excluding hydrogens is 1190 g/mol. The summed E-state index contributed by atoms with van der Waals surface area (Å²) in [6, 6.07) is 1.22. The highest BCUT2D eigenvalue weighted by molar-refractivity contribution is 6.60. The molecule has 87 heavy (non-hydrogen) atoms. The summed E-state index contributed by atoms with van der Waals surface area (Å²) in [4.78, 5) is 152. The van der Waals surface area contributed by atoms with Crippen LogP contribution in [-0.4, -0.2) is 213 Å². The van der Waals surface area contributed by atoms with Crippen LogP contribution in [0.2, 0.25) is 12.1 Å². The van der Waals surface area contributed by atoms with Crippen LogP contribution in [0.1, 0.15) is 45.4 Å². The second kappa shape index (κ2) is 42.5. The molecule has 0 bridgehead atoms. The van der Waals surface area contributed by atoms with Gasteiger partial charge in [0, 0.05) is 92.1 Å². The van der Waals surface area contributed by atoms with E-state index in [9.17, 15) is 57.5 Å². The van der Waals surface area contributed by atoms with Gasteiger partial charge in [0.15, 0.2) is 0 Å². The summed E-state index contributed by atoms with van der Waals surface area (Å²) in [5.41, 5.74) is -5.93. The molecule has 34 heteroatoms. The number of ether oxygens (including phenoxy) is 6. The third-order valence-electron chi connectivity index (χ3n) is 12.8. The van der Waals surface area contributed by atoms with Crippen LogP contribution in [-0.2, 0) is 123 Å². The molecule has 490 valence electrons. The third-order valence-corrected chi connectivity index (χ3v) is 18.5. The number of rotatable bonds is 45. The second-order valence-electron chi connectivity index (χ2n) is 18.3. The average molecular weight is 1280 g/mol. The predicted molar refractivity (Wildman–Crippen MR) is 315 cm³/mol. The molecule has 0 saturated heterocycles. The molecule has 0 unspecified atom stereocenters. The van der Waals surface area contributed by atoms with Crippen molar-refractivity contribution < 1.29 is 83.7 Å². The SMILES string of the molecule is C=CC(=O)OCCn1c(=O)n(CCOC(=O)C=C)c(=O)n(CCOC(=O)CCN(C)CCC[Si](OC)(OC)OC)c1=O.C=CC(=O)OCCn1c(=O)n(CCOC(=O)C=C)c(=O)n(CCOC(=O)CCN(CCCC)CCC[Si](OC)(OC)OC)c1=O. The standard InChI is InChI=1S/C28H46N4O12Si.C25H40N4O12Si/c1-7-10-13-29(14-11-22-45(39-4,40-5)41-6)15-12-25(35)44-21-18-32-27(37)30(16-19-42-23(33)8-2)26(36)31(28(32)38)17-20-43-24(34)9-3;1-7-20(30)39-16-13-27-23(33)28(14-17-40-21(31)8-2)25(35)29(24(27)34)15-18-41-22(32)10-12-26(3)11-9-19-42(36-4,37-5)38-6/h8-9H,2-3,7,10-22H2,1,4-6H3;7-8H,1-2,9-19H2,3-6H3. The fraction of sp³-hybridized carbons (Fsp3) is 0.623. The van der Waals surface area contributed by atoms with E-state index in [4.69, 9.17) is 55.0 Å². The fourth-order valence-corrected chi connectivity index (χ4v) is 11.3. The van der Waals surface area contributed by atoms with Crippen LogP contribution in [0.4, 0.5) is 0 Å². The molecular formula is C53H86N8O24Si2. The molecule has 2 aromatic rings.